The molecule has 2 rings (SSSR count). The number of aryl methyl sites for hydroxylation is 1. The smallest absolute Gasteiger partial charge is 0.417 e. The van der Waals surface area contributed by atoms with Crippen molar-refractivity contribution < 1.29 is 27.5 Å². The van der Waals surface area contributed by atoms with Gasteiger partial charge >= 0.3 is 17.6 Å². The molecule has 1 heterocycles. The fourth-order valence-electron chi connectivity index (χ4n) is 1.76. The quantitative estimate of drug-likeness (QED) is 0.539. The number of carbonyl (C=O) groups excluding carboxylic acids is 2. The molecule has 0 atom stereocenters. The number of nitrogens with zero attached hydrogens (tertiary/aromatic N) is 1. The number of alkyl halides is 3. The van der Waals surface area contributed by atoms with Crippen LogP contribution in [0.25, 0.3) is 0 Å². The highest BCUT2D eigenvalue weighted by atomic mass is 35.5. The van der Waals surface area contributed by atoms with Crippen LogP contribution < -0.4 is 10.1 Å². The van der Waals surface area contributed by atoms with Gasteiger partial charge in [-0.05, 0) is 42.3 Å². The van der Waals surface area contributed by atoms with E-state index >= 15 is 0 Å². The first-order chi connectivity index (χ1) is 11.6. The van der Waals surface area contributed by atoms with Crippen LogP contribution in [0, 0.1) is 6.92 Å². The van der Waals surface area contributed by atoms with E-state index in [9.17, 15) is 22.8 Å². The van der Waals surface area contributed by atoms with E-state index in [1.165, 1.54) is 19.2 Å². The number of amides is 3. The third-order valence-electron chi connectivity index (χ3n) is 3.11. The summed E-state index contributed by atoms with van der Waals surface area (Å²) in [7, 11) is 1.21. The summed E-state index contributed by atoms with van der Waals surface area (Å²) in [6.45, 7) is 1.67. The third kappa shape index (κ3) is 4.86. The molecule has 0 aliphatic rings. The van der Waals surface area contributed by atoms with Crippen LogP contribution in [-0.2, 0) is 6.18 Å². The highest BCUT2D eigenvalue weighted by Crippen LogP contribution is 2.38. The summed E-state index contributed by atoms with van der Waals surface area (Å²) in [5.74, 6) is 0.343. The molecular formula is C15H12ClF3N2O3S. The Kier molecular flexibility index (Phi) is 5.58. The molecule has 0 saturated carbocycles. The van der Waals surface area contributed by atoms with Crippen LogP contribution in [0.5, 0.6) is 10.8 Å². The van der Waals surface area contributed by atoms with Gasteiger partial charge in [0, 0.05) is 24.2 Å². The van der Waals surface area contributed by atoms with Crippen molar-refractivity contribution in [2.45, 2.75) is 13.1 Å². The van der Waals surface area contributed by atoms with Crippen molar-refractivity contribution in [2.24, 2.45) is 0 Å². The molecule has 5 nitrogen and oxygen atoms in total. The van der Waals surface area contributed by atoms with Gasteiger partial charge in [-0.2, -0.15) is 13.2 Å². The normalized spacial score (nSPS) is 11.1. The molecule has 0 radical (unpaired) electrons. The molecule has 1 aromatic carbocycles. The van der Waals surface area contributed by atoms with Gasteiger partial charge in [-0.3, -0.25) is 9.69 Å². The minimum atomic E-state index is -4.42. The first kappa shape index (κ1) is 19.1. The fourth-order valence-corrected chi connectivity index (χ4v) is 2.61. The predicted molar refractivity (Wildman–Crippen MR) is 88.6 cm³/mol. The van der Waals surface area contributed by atoms with Crippen molar-refractivity contribution in [1.29, 1.82) is 0 Å². The molecular weight excluding hydrogens is 381 g/mol. The van der Waals surface area contributed by atoms with E-state index in [1.807, 2.05) is 0 Å². The summed E-state index contributed by atoms with van der Waals surface area (Å²) in [5, 5.41) is 2.59. The molecule has 10 heteroatoms. The van der Waals surface area contributed by atoms with Crippen molar-refractivity contribution in [3.8, 4) is 10.8 Å². The molecule has 0 saturated heterocycles. The average molecular weight is 393 g/mol. The maximum atomic E-state index is 12.6. The molecule has 0 aliphatic heterocycles. The van der Waals surface area contributed by atoms with Crippen LogP contribution in [0.15, 0.2) is 29.6 Å². The van der Waals surface area contributed by atoms with Gasteiger partial charge in [0.25, 0.3) is 0 Å². The lowest BCUT2D eigenvalue weighted by atomic mass is 10.2. The van der Waals surface area contributed by atoms with Gasteiger partial charge in [-0.15, -0.1) is 11.3 Å². The van der Waals surface area contributed by atoms with E-state index in [0.717, 1.165) is 22.8 Å². The Hall–Kier alpha value is -2.26. The van der Waals surface area contributed by atoms with E-state index < -0.39 is 23.1 Å². The Morgan fingerprint density at radius 1 is 1.28 bits per heavy atom. The van der Waals surface area contributed by atoms with E-state index in [2.05, 4.69) is 5.32 Å². The highest BCUT2D eigenvalue weighted by molar-refractivity contribution is 7.12. The third-order valence-corrected chi connectivity index (χ3v) is 4.17. The highest BCUT2D eigenvalue weighted by Gasteiger charge is 2.32. The number of hydrogen-bond donors (Lipinski definition) is 1. The Bertz CT molecular complexity index is 808. The SMILES string of the molecule is Cc1cc(NC(=O)N(C)C(=O)Cl)ccc1Oc1cc(C(F)(F)F)cs1. The first-order valence-electron chi connectivity index (χ1n) is 6.76. The molecule has 0 aliphatic carbocycles. The van der Waals surface area contributed by atoms with Crippen LogP contribution in [0.1, 0.15) is 11.1 Å². The number of imide groups is 1. The van der Waals surface area contributed by atoms with Crippen molar-refractivity contribution in [3.63, 3.8) is 0 Å². The Morgan fingerprint density at radius 3 is 2.48 bits per heavy atom. The maximum absolute atomic E-state index is 12.6. The number of benzene rings is 1. The number of rotatable bonds is 3. The zero-order valence-corrected chi connectivity index (χ0v) is 14.6. The molecule has 3 amide bonds. The number of nitrogens with one attached hydrogen (secondary N) is 1. The first-order valence-corrected chi connectivity index (χ1v) is 8.02. The van der Waals surface area contributed by atoms with E-state index in [4.69, 9.17) is 16.3 Å². The van der Waals surface area contributed by atoms with Gasteiger partial charge in [-0.1, -0.05) is 0 Å². The monoisotopic (exact) mass is 392 g/mol. The van der Waals surface area contributed by atoms with Crippen LogP contribution in [0.4, 0.5) is 28.4 Å². The summed E-state index contributed by atoms with van der Waals surface area (Å²) >= 11 is 6.03. The molecule has 0 bridgehead atoms. The predicted octanol–water partition coefficient (Wildman–Crippen LogP) is 5.69. The molecule has 0 unspecified atom stereocenters. The summed E-state index contributed by atoms with van der Waals surface area (Å²) in [4.78, 5) is 23.3. The average Bonchev–Trinajstić information content (AvgIpc) is 2.98. The summed E-state index contributed by atoms with van der Waals surface area (Å²) in [6, 6.07) is 4.74. The molecule has 1 N–H and O–H groups in total. The molecule has 0 fully saturated rings. The summed E-state index contributed by atoms with van der Waals surface area (Å²) < 4.78 is 43.2. The molecule has 1 aromatic heterocycles. The van der Waals surface area contributed by atoms with Crippen molar-refractivity contribution in [2.75, 3.05) is 12.4 Å². The molecule has 25 heavy (non-hydrogen) atoms. The summed E-state index contributed by atoms with van der Waals surface area (Å²) in [6.07, 6.45) is -4.42. The van der Waals surface area contributed by atoms with E-state index in [-0.39, 0.29) is 5.06 Å². The fraction of sp³-hybridized carbons (Fsp3) is 0.200. The topological polar surface area (TPSA) is 58.6 Å². The largest absolute Gasteiger partial charge is 0.446 e. The lowest BCUT2D eigenvalue weighted by Crippen LogP contribution is -2.33. The Morgan fingerprint density at radius 2 is 1.96 bits per heavy atom. The molecule has 0 spiro atoms. The minimum absolute atomic E-state index is 0.0969. The second-order valence-electron chi connectivity index (χ2n) is 4.98. The lowest BCUT2D eigenvalue weighted by Gasteiger charge is -2.14. The molecule has 134 valence electrons. The van der Waals surface area contributed by atoms with Gasteiger partial charge in [0.15, 0.2) is 5.06 Å². The number of thiophene rings is 1. The van der Waals surface area contributed by atoms with Crippen LogP contribution in [0.3, 0.4) is 0 Å². The number of urea groups is 1. The standard InChI is InChI=1S/C15H12ClF3N2O3S/c1-8-5-10(20-14(23)21(2)13(16)22)3-4-11(8)24-12-6-9(7-25-12)15(17,18)19/h3-7H,1-2H3,(H,20,23). The van der Waals surface area contributed by atoms with Crippen molar-refractivity contribution in [1.82, 2.24) is 4.90 Å². The Labute approximate surface area is 149 Å². The maximum Gasteiger partial charge on any atom is 0.417 e. The second kappa shape index (κ2) is 7.32. The zero-order chi connectivity index (χ0) is 18.8. The van der Waals surface area contributed by atoms with E-state index in [1.54, 1.807) is 13.0 Å². The van der Waals surface area contributed by atoms with Gasteiger partial charge in [-0.25, -0.2) is 4.79 Å². The van der Waals surface area contributed by atoms with Crippen molar-refractivity contribution in [3.05, 3.63) is 40.8 Å². The number of anilines is 1. The van der Waals surface area contributed by atoms with Gasteiger partial charge in [0.1, 0.15) is 5.75 Å². The zero-order valence-electron chi connectivity index (χ0n) is 13.0. The number of halogens is 4. The van der Waals surface area contributed by atoms with E-state index in [0.29, 0.717) is 21.9 Å². The van der Waals surface area contributed by atoms with Crippen LogP contribution in [0.2, 0.25) is 0 Å². The number of carbonyl (C=O) groups is 2. The number of ether oxygens (including phenoxy) is 1. The lowest BCUT2D eigenvalue weighted by molar-refractivity contribution is -0.137. The van der Waals surface area contributed by atoms with Crippen LogP contribution in [-0.4, -0.2) is 23.3 Å². The summed E-state index contributed by atoms with van der Waals surface area (Å²) in [5.41, 5.74) is 0.184. The van der Waals surface area contributed by atoms with Crippen LogP contribution >= 0.6 is 22.9 Å². The molecule has 2 aromatic rings. The van der Waals surface area contributed by atoms with Gasteiger partial charge < -0.3 is 10.1 Å². The number of hydrogen-bond acceptors (Lipinski definition) is 4. The van der Waals surface area contributed by atoms with Gasteiger partial charge in [0.2, 0.25) is 0 Å². The second-order valence-corrected chi connectivity index (χ2v) is 6.17. The van der Waals surface area contributed by atoms with Gasteiger partial charge in [0.05, 0.1) is 5.56 Å². The Balaban J connectivity index is 2.10. The minimum Gasteiger partial charge on any atom is -0.446 e. The van der Waals surface area contributed by atoms with Crippen molar-refractivity contribution >= 4 is 40.0 Å².